The van der Waals surface area contributed by atoms with Gasteiger partial charge in [0.2, 0.25) is 6.79 Å². The second kappa shape index (κ2) is 4.45. The first-order chi connectivity index (χ1) is 8.33. The number of nitrogens with zero attached hydrogens (tertiary/aromatic N) is 1. The second-order valence-corrected chi connectivity index (χ2v) is 4.60. The van der Waals surface area contributed by atoms with Gasteiger partial charge in [-0.25, -0.2) is 0 Å². The SMILES string of the molecule is CN1CCC[C@H]1COc1ccc2c(c1)OCO2. The van der Waals surface area contributed by atoms with E-state index < -0.39 is 0 Å². The summed E-state index contributed by atoms with van der Waals surface area (Å²) >= 11 is 0. The zero-order valence-corrected chi connectivity index (χ0v) is 10.0. The quantitative estimate of drug-likeness (QED) is 0.800. The molecule has 0 bridgehead atoms. The van der Waals surface area contributed by atoms with Gasteiger partial charge in [0.15, 0.2) is 11.5 Å². The molecule has 1 atom stereocenters. The summed E-state index contributed by atoms with van der Waals surface area (Å²) in [5.41, 5.74) is 0. The van der Waals surface area contributed by atoms with Crippen LogP contribution in [0.4, 0.5) is 0 Å². The summed E-state index contributed by atoms with van der Waals surface area (Å²) in [6.07, 6.45) is 2.49. The molecule has 1 aromatic rings. The Morgan fingerprint density at radius 1 is 1.35 bits per heavy atom. The van der Waals surface area contributed by atoms with Gasteiger partial charge >= 0.3 is 0 Å². The van der Waals surface area contributed by atoms with E-state index in [2.05, 4.69) is 11.9 Å². The molecule has 0 spiro atoms. The third-order valence-corrected chi connectivity index (χ3v) is 3.46. The summed E-state index contributed by atoms with van der Waals surface area (Å²) in [6, 6.07) is 6.27. The van der Waals surface area contributed by atoms with Crippen LogP contribution in [0.5, 0.6) is 17.2 Å². The Morgan fingerprint density at radius 3 is 3.06 bits per heavy atom. The molecule has 3 rings (SSSR count). The molecule has 2 aliphatic heterocycles. The molecule has 0 unspecified atom stereocenters. The summed E-state index contributed by atoms with van der Waals surface area (Å²) in [7, 11) is 2.15. The van der Waals surface area contributed by atoms with Crippen molar-refractivity contribution in [3.8, 4) is 17.2 Å². The molecule has 0 N–H and O–H groups in total. The summed E-state index contributed by atoms with van der Waals surface area (Å²) in [5.74, 6) is 2.44. The van der Waals surface area contributed by atoms with Gasteiger partial charge < -0.3 is 19.1 Å². The van der Waals surface area contributed by atoms with Crippen LogP contribution < -0.4 is 14.2 Å². The average Bonchev–Trinajstić information content (AvgIpc) is 2.94. The maximum Gasteiger partial charge on any atom is 0.231 e. The van der Waals surface area contributed by atoms with Crippen LogP contribution in [0.25, 0.3) is 0 Å². The van der Waals surface area contributed by atoms with Crippen LogP contribution in [0.15, 0.2) is 18.2 Å². The molecule has 0 saturated carbocycles. The summed E-state index contributed by atoms with van der Waals surface area (Å²) in [5, 5.41) is 0. The molecule has 0 amide bonds. The van der Waals surface area contributed by atoms with Crippen molar-refractivity contribution in [2.24, 2.45) is 0 Å². The molecule has 0 aliphatic carbocycles. The van der Waals surface area contributed by atoms with E-state index in [0.29, 0.717) is 12.8 Å². The van der Waals surface area contributed by atoms with Crippen molar-refractivity contribution in [3.05, 3.63) is 18.2 Å². The number of rotatable bonds is 3. The van der Waals surface area contributed by atoms with Gasteiger partial charge in [-0.05, 0) is 38.6 Å². The van der Waals surface area contributed by atoms with Gasteiger partial charge in [0.25, 0.3) is 0 Å². The minimum absolute atomic E-state index is 0.310. The summed E-state index contributed by atoms with van der Waals surface area (Å²) in [6.45, 7) is 2.23. The van der Waals surface area contributed by atoms with Crippen molar-refractivity contribution >= 4 is 0 Å². The van der Waals surface area contributed by atoms with Crippen molar-refractivity contribution in [2.75, 3.05) is 27.0 Å². The zero-order valence-electron chi connectivity index (χ0n) is 10.0. The van der Waals surface area contributed by atoms with E-state index in [9.17, 15) is 0 Å². The Morgan fingerprint density at radius 2 is 2.24 bits per heavy atom. The van der Waals surface area contributed by atoms with Crippen LogP contribution in [-0.4, -0.2) is 37.9 Å². The lowest BCUT2D eigenvalue weighted by atomic mass is 10.2. The highest BCUT2D eigenvalue weighted by molar-refractivity contribution is 5.46. The molecule has 4 heteroatoms. The number of likely N-dealkylation sites (N-methyl/N-ethyl adjacent to an activating group) is 1. The van der Waals surface area contributed by atoms with E-state index in [1.165, 1.54) is 19.4 Å². The fourth-order valence-corrected chi connectivity index (χ4v) is 2.35. The third-order valence-electron chi connectivity index (χ3n) is 3.46. The van der Waals surface area contributed by atoms with Crippen molar-refractivity contribution in [1.29, 1.82) is 0 Å². The van der Waals surface area contributed by atoms with Gasteiger partial charge in [-0.15, -0.1) is 0 Å². The van der Waals surface area contributed by atoms with Gasteiger partial charge in [-0.2, -0.15) is 0 Å². The van der Waals surface area contributed by atoms with E-state index in [1.54, 1.807) is 0 Å². The predicted molar refractivity (Wildman–Crippen MR) is 63.7 cm³/mol. The Balaban J connectivity index is 1.61. The average molecular weight is 235 g/mol. The number of hydrogen-bond acceptors (Lipinski definition) is 4. The summed E-state index contributed by atoms with van der Waals surface area (Å²) in [4.78, 5) is 2.35. The first-order valence-electron chi connectivity index (χ1n) is 6.05. The number of fused-ring (bicyclic) bond motifs is 1. The fraction of sp³-hybridized carbons (Fsp3) is 0.538. The molecule has 0 aromatic heterocycles. The first-order valence-corrected chi connectivity index (χ1v) is 6.05. The van der Waals surface area contributed by atoms with Gasteiger partial charge in [-0.1, -0.05) is 0 Å². The monoisotopic (exact) mass is 235 g/mol. The van der Waals surface area contributed by atoms with E-state index in [-0.39, 0.29) is 0 Å². The smallest absolute Gasteiger partial charge is 0.231 e. The second-order valence-electron chi connectivity index (χ2n) is 4.60. The van der Waals surface area contributed by atoms with Crippen molar-refractivity contribution in [1.82, 2.24) is 4.90 Å². The molecule has 2 heterocycles. The van der Waals surface area contributed by atoms with E-state index in [4.69, 9.17) is 14.2 Å². The zero-order chi connectivity index (χ0) is 11.7. The van der Waals surface area contributed by atoms with Gasteiger partial charge in [0.1, 0.15) is 12.4 Å². The highest BCUT2D eigenvalue weighted by Crippen LogP contribution is 2.35. The standard InChI is InChI=1S/C13H17NO3/c1-14-6-2-3-10(14)8-15-11-4-5-12-13(7-11)17-9-16-12/h4-5,7,10H,2-3,6,8-9H2,1H3/t10-/m0/s1. The lowest BCUT2D eigenvalue weighted by Crippen LogP contribution is -2.30. The topological polar surface area (TPSA) is 30.9 Å². The highest BCUT2D eigenvalue weighted by atomic mass is 16.7. The number of hydrogen-bond donors (Lipinski definition) is 0. The van der Waals surface area contributed by atoms with Crippen LogP contribution in [0.1, 0.15) is 12.8 Å². The Kier molecular flexibility index (Phi) is 2.81. The molecule has 1 saturated heterocycles. The fourth-order valence-electron chi connectivity index (χ4n) is 2.35. The van der Waals surface area contributed by atoms with Gasteiger partial charge in [0.05, 0.1) is 0 Å². The molecular weight excluding hydrogens is 218 g/mol. The van der Waals surface area contributed by atoms with E-state index in [1.807, 2.05) is 18.2 Å². The number of likely N-dealkylation sites (tertiary alicyclic amines) is 1. The minimum Gasteiger partial charge on any atom is -0.492 e. The first kappa shape index (κ1) is 10.7. The largest absolute Gasteiger partial charge is 0.492 e. The van der Waals surface area contributed by atoms with Crippen molar-refractivity contribution < 1.29 is 14.2 Å². The Labute approximate surface area is 101 Å². The number of benzene rings is 1. The molecule has 17 heavy (non-hydrogen) atoms. The van der Waals surface area contributed by atoms with Gasteiger partial charge in [-0.3, -0.25) is 0 Å². The summed E-state index contributed by atoms with van der Waals surface area (Å²) < 4.78 is 16.4. The van der Waals surface area contributed by atoms with Crippen LogP contribution in [-0.2, 0) is 0 Å². The van der Waals surface area contributed by atoms with E-state index in [0.717, 1.165) is 23.9 Å². The molecule has 92 valence electrons. The lowest BCUT2D eigenvalue weighted by molar-refractivity contribution is 0.173. The predicted octanol–water partition coefficient (Wildman–Crippen LogP) is 1.89. The maximum atomic E-state index is 5.81. The minimum atomic E-state index is 0.310. The van der Waals surface area contributed by atoms with Crippen molar-refractivity contribution in [3.63, 3.8) is 0 Å². The molecule has 1 aromatic carbocycles. The van der Waals surface area contributed by atoms with Crippen LogP contribution in [0, 0.1) is 0 Å². The van der Waals surface area contributed by atoms with E-state index >= 15 is 0 Å². The molecule has 4 nitrogen and oxygen atoms in total. The maximum absolute atomic E-state index is 5.81. The molecular formula is C13H17NO3. The Hall–Kier alpha value is -1.42. The van der Waals surface area contributed by atoms with Crippen LogP contribution in [0.3, 0.4) is 0 Å². The van der Waals surface area contributed by atoms with Gasteiger partial charge in [0, 0.05) is 12.1 Å². The highest BCUT2D eigenvalue weighted by Gasteiger charge is 2.21. The normalized spacial score (nSPS) is 23.0. The van der Waals surface area contributed by atoms with Crippen LogP contribution in [0.2, 0.25) is 0 Å². The van der Waals surface area contributed by atoms with Crippen molar-refractivity contribution in [2.45, 2.75) is 18.9 Å². The lowest BCUT2D eigenvalue weighted by Gasteiger charge is -2.19. The molecule has 2 aliphatic rings. The third kappa shape index (κ3) is 2.17. The van der Waals surface area contributed by atoms with Crippen LogP contribution >= 0.6 is 0 Å². The molecule has 1 fully saturated rings. The Bertz CT molecular complexity index is 408. The number of ether oxygens (including phenoxy) is 3. The molecule has 0 radical (unpaired) electrons.